The number of piperazine rings is 1. The van der Waals surface area contributed by atoms with E-state index in [2.05, 4.69) is 10.2 Å². The van der Waals surface area contributed by atoms with Gasteiger partial charge >= 0.3 is 11.9 Å². The first-order chi connectivity index (χ1) is 12.0. The SMILES string of the molecule is CC(C)(C)OC(=O)c1ccc(N2CCNCC2)c(C(=O)OC(C)(C)C)c1. The van der Waals surface area contributed by atoms with Gasteiger partial charge in [0.2, 0.25) is 0 Å². The summed E-state index contributed by atoms with van der Waals surface area (Å²) in [5.41, 5.74) is 0.318. The monoisotopic (exact) mass is 362 g/mol. The lowest BCUT2D eigenvalue weighted by Gasteiger charge is -2.31. The standard InChI is InChI=1S/C20H30N2O4/c1-19(2,3)25-17(23)14-7-8-16(22-11-9-21-10-12-22)15(13-14)18(24)26-20(4,5)6/h7-8,13,21H,9-12H2,1-6H3. The first-order valence-corrected chi connectivity index (χ1v) is 9.03. The Kier molecular flexibility index (Phi) is 5.96. The van der Waals surface area contributed by atoms with Crippen LogP contribution in [0.1, 0.15) is 62.3 Å². The lowest BCUT2D eigenvalue weighted by Crippen LogP contribution is -2.44. The number of hydrogen-bond acceptors (Lipinski definition) is 6. The highest BCUT2D eigenvalue weighted by Gasteiger charge is 2.26. The van der Waals surface area contributed by atoms with Crippen molar-refractivity contribution in [2.24, 2.45) is 0 Å². The maximum Gasteiger partial charge on any atom is 0.340 e. The number of rotatable bonds is 3. The summed E-state index contributed by atoms with van der Waals surface area (Å²) >= 11 is 0. The van der Waals surface area contributed by atoms with Crippen molar-refractivity contribution >= 4 is 17.6 Å². The number of carbonyl (C=O) groups excluding carboxylic acids is 2. The maximum atomic E-state index is 12.8. The number of anilines is 1. The largest absolute Gasteiger partial charge is 0.456 e. The Bertz CT molecular complexity index is 665. The Morgan fingerprint density at radius 2 is 1.46 bits per heavy atom. The number of benzene rings is 1. The van der Waals surface area contributed by atoms with Crippen LogP contribution < -0.4 is 10.2 Å². The van der Waals surface area contributed by atoms with Gasteiger partial charge in [0.1, 0.15) is 11.2 Å². The third kappa shape index (κ3) is 5.73. The summed E-state index contributed by atoms with van der Waals surface area (Å²) in [5.74, 6) is -0.884. The lowest BCUT2D eigenvalue weighted by molar-refractivity contribution is 0.00678. The van der Waals surface area contributed by atoms with Crippen LogP contribution in [0.5, 0.6) is 0 Å². The summed E-state index contributed by atoms with van der Waals surface area (Å²) in [6.07, 6.45) is 0. The average Bonchev–Trinajstić information content (AvgIpc) is 2.52. The Hall–Kier alpha value is -2.08. The second-order valence-electron chi connectivity index (χ2n) is 8.47. The zero-order valence-corrected chi connectivity index (χ0v) is 16.6. The summed E-state index contributed by atoms with van der Waals surface area (Å²) in [7, 11) is 0. The highest BCUT2D eigenvalue weighted by atomic mass is 16.6. The maximum absolute atomic E-state index is 12.8. The number of nitrogens with zero attached hydrogens (tertiary/aromatic N) is 1. The van der Waals surface area contributed by atoms with E-state index in [1.54, 1.807) is 12.1 Å². The van der Waals surface area contributed by atoms with E-state index in [-0.39, 0.29) is 0 Å². The van der Waals surface area contributed by atoms with Gasteiger partial charge < -0.3 is 19.7 Å². The van der Waals surface area contributed by atoms with E-state index >= 15 is 0 Å². The predicted octanol–water partition coefficient (Wildman–Crippen LogP) is 3.01. The van der Waals surface area contributed by atoms with Crippen LogP contribution in [0.4, 0.5) is 5.69 Å². The van der Waals surface area contributed by atoms with Gasteiger partial charge in [-0.2, -0.15) is 0 Å². The fourth-order valence-electron chi connectivity index (χ4n) is 2.68. The molecule has 0 saturated carbocycles. The smallest absolute Gasteiger partial charge is 0.340 e. The third-order valence-corrected chi connectivity index (χ3v) is 3.71. The molecule has 0 unspecified atom stereocenters. The van der Waals surface area contributed by atoms with Crippen molar-refractivity contribution in [3.8, 4) is 0 Å². The molecule has 0 aromatic heterocycles. The number of hydrogen-bond donors (Lipinski definition) is 1. The normalized spacial score (nSPS) is 15.5. The topological polar surface area (TPSA) is 67.9 Å². The minimum absolute atomic E-state index is 0.347. The fraction of sp³-hybridized carbons (Fsp3) is 0.600. The molecule has 144 valence electrons. The molecule has 1 aliphatic rings. The predicted molar refractivity (Wildman–Crippen MR) is 102 cm³/mol. The van der Waals surface area contributed by atoms with Gasteiger partial charge in [-0.15, -0.1) is 0 Å². The zero-order chi connectivity index (χ0) is 19.5. The zero-order valence-electron chi connectivity index (χ0n) is 16.6. The minimum atomic E-state index is -0.611. The van der Waals surface area contributed by atoms with E-state index < -0.39 is 23.1 Å². The van der Waals surface area contributed by atoms with Crippen LogP contribution in [-0.2, 0) is 9.47 Å². The number of ether oxygens (including phenoxy) is 2. The van der Waals surface area contributed by atoms with Crippen LogP contribution in [0, 0.1) is 0 Å². The number of nitrogens with one attached hydrogen (secondary N) is 1. The quantitative estimate of drug-likeness (QED) is 0.834. The molecule has 0 radical (unpaired) electrons. The highest BCUT2D eigenvalue weighted by Crippen LogP contribution is 2.26. The molecule has 0 bridgehead atoms. The van der Waals surface area contributed by atoms with Gasteiger partial charge in [0.05, 0.1) is 16.8 Å². The second kappa shape index (κ2) is 7.66. The first-order valence-electron chi connectivity index (χ1n) is 9.03. The molecule has 1 N–H and O–H groups in total. The van der Waals surface area contributed by atoms with Crippen molar-refractivity contribution in [3.63, 3.8) is 0 Å². The van der Waals surface area contributed by atoms with Crippen molar-refractivity contribution in [2.45, 2.75) is 52.7 Å². The summed E-state index contributed by atoms with van der Waals surface area (Å²) in [4.78, 5) is 27.3. The molecule has 6 heteroatoms. The molecular formula is C20H30N2O4. The van der Waals surface area contributed by atoms with Crippen LogP contribution in [0.3, 0.4) is 0 Å². The molecule has 1 fully saturated rings. The Labute approximate surface area is 155 Å². The van der Waals surface area contributed by atoms with Crippen molar-refractivity contribution in [1.29, 1.82) is 0 Å². The Morgan fingerprint density at radius 3 is 2.00 bits per heavy atom. The summed E-state index contributed by atoms with van der Waals surface area (Å²) in [5, 5.41) is 3.29. The van der Waals surface area contributed by atoms with Gasteiger partial charge in [0.25, 0.3) is 0 Å². The molecule has 0 amide bonds. The molecule has 2 rings (SSSR count). The van der Waals surface area contributed by atoms with Crippen molar-refractivity contribution in [1.82, 2.24) is 5.32 Å². The van der Waals surface area contributed by atoms with Gasteiger partial charge in [-0.3, -0.25) is 0 Å². The summed E-state index contributed by atoms with van der Waals surface area (Å²) in [6.45, 7) is 14.2. The van der Waals surface area contributed by atoms with Crippen LogP contribution in [0.25, 0.3) is 0 Å². The molecule has 0 aliphatic carbocycles. The molecule has 1 aromatic rings. The third-order valence-electron chi connectivity index (χ3n) is 3.71. The van der Waals surface area contributed by atoms with Gasteiger partial charge in [0, 0.05) is 26.2 Å². The second-order valence-corrected chi connectivity index (χ2v) is 8.47. The molecule has 1 aliphatic heterocycles. The number of esters is 2. The van der Waals surface area contributed by atoms with Crippen LogP contribution in [0.2, 0.25) is 0 Å². The number of carbonyl (C=O) groups is 2. The molecule has 1 saturated heterocycles. The molecule has 0 atom stereocenters. The van der Waals surface area contributed by atoms with E-state index in [4.69, 9.17) is 9.47 Å². The summed E-state index contributed by atoms with van der Waals surface area (Å²) < 4.78 is 11.0. The van der Waals surface area contributed by atoms with Crippen LogP contribution >= 0.6 is 0 Å². The van der Waals surface area contributed by atoms with Gasteiger partial charge in [0.15, 0.2) is 0 Å². The lowest BCUT2D eigenvalue weighted by atomic mass is 10.1. The van der Waals surface area contributed by atoms with Gasteiger partial charge in [-0.05, 0) is 59.7 Å². The Balaban J connectivity index is 2.38. The molecule has 0 spiro atoms. The van der Waals surface area contributed by atoms with Gasteiger partial charge in [-0.25, -0.2) is 9.59 Å². The van der Waals surface area contributed by atoms with Crippen molar-refractivity contribution in [3.05, 3.63) is 29.3 Å². The molecule has 1 aromatic carbocycles. The Morgan fingerprint density at radius 1 is 0.923 bits per heavy atom. The van der Waals surface area contributed by atoms with E-state index in [1.165, 1.54) is 0 Å². The average molecular weight is 362 g/mol. The van der Waals surface area contributed by atoms with Crippen LogP contribution in [0.15, 0.2) is 18.2 Å². The van der Waals surface area contributed by atoms with E-state index in [0.29, 0.717) is 11.1 Å². The molecular weight excluding hydrogens is 332 g/mol. The van der Waals surface area contributed by atoms with Crippen molar-refractivity contribution < 1.29 is 19.1 Å². The van der Waals surface area contributed by atoms with Crippen molar-refractivity contribution in [2.75, 3.05) is 31.1 Å². The minimum Gasteiger partial charge on any atom is -0.456 e. The first kappa shape index (κ1) is 20.2. The summed E-state index contributed by atoms with van der Waals surface area (Å²) in [6, 6.07) is 5.10. The van der Waals surface area contributed by atoms with Gasteiger partial charge in [-0.1, -0.05) is 0 Å². The van der Waals surface area contributed by atoms with Crippen LogP contribution in [-0.4, -0.2) is 49.3 Å². The fourth-order valence-corrected chi connectivity index (χ4v) is 2.68. The van der Waals surface area contributed by atoms with E-state index in [9.17, 15) is 9.59 Å². The molecule has 26 heavy (non-hydrogen) atoms. The highest BCUT2D eigenvalue weighted by molar-refractivity contribution is 6.00. The molecule has 1 heterocycles. The van der Waals surface area contributed by atoms with E-state index in [1.807, 2.05) is 47.6 Å². The van der Waals surface area contributed by atoms with E-state index in [0.717, 1.165) is 31.9 Å². The molecule has 6 nitrogen and oxygen atoms in total.